The third-order valence-electron chi connectivity index (χ3n) is 1.77. The fourth-order valence-corrected chi connectivity index (χ4v) is 1.35. The van der Waals surface area contributed by atoms with Gasteiger partial charge >= 0.3 is 0 Å². The average molecular weight is 209 g/mol. The van der Waals surface area contributed by atoms with Crippen LogP contribution in [0.5, 0.6) is 5.88 Å². The minimum Gasteiger partial charge on any atom is -0.477 e. The van der Waals surface area contributed by atoms with Crippen molar-refractivity contribution >= 4 is 22.6 Å². The molecule has 72 valence electrons. The smallest absolute Gasteiger partial charge is 0.232 e. The van der Waals surface area contributed by atoms with Gasteiger partial charge in [-0.2, -0.15) is 0 Å². The molecule has 0 N–H and O–H groups in total. The van der Waals surface area contributed by atoms with Gasteiger partial charge in [-0.25, -0.2) is 9.97 Å². The first kappa shape index (κ1) is 9.21. The predicted octanol–water partition coefficient (Wildman–Crippen LogP) is 2.68. The van der Waals surface area contributed by atoms with E-state index in [2.05, 4.69) is 9.97 Å². The zero-order chi connectivity index (χ0) is 9.97. The van der Waals surface area contributed by atoms with Crippen molar-refractivity contribution in [2.45, 2.75) is 6.92 Å². The van der Waals surface area contributed by atoms with Gasteiger partial charge in [-0.15, -0.1) is 0 Å². The fraction of sp³-hybridized carbons (Fsp3) is 0.200. The maximum atomic E-state index is 5.82. The minimum atomic E-state index is 0.544. The highest BCUT2D eigenvalue weighted by atomic mass is 35.5. The topological polar surface area (TPSA) is 35.0 Å². The van der Waals surface area contributed by atoms with Crippen molar-refractivity contribution in [3.8, 4) is 5.88 Å². The molecule has 2 aromatic rings. The first-order chi connectivity index (χ1) is 6.79. The Morgan fingerprint density at radius 1 is 1.36 bits per heavy atom. The van der Waals surface area contributed by atoms with E-state index in [0.29, 0.717) is 17.5 Å². The highest BCUT2D eigenvalue weighted by Gasteiger charge is 2.00. The Morgan fingerprint density at radius 2 is 2.21 bits per heavy atom. The molecule has 3 nitrogen and oxygen atoms in total. The molecule has 0 atom stereocenters. The van der Waals surface area contributed by atoms with Crippen molar-refractivity contribution in [1.82, 2.24) is 9.97 Å². The fourth-order valence-electron chi connectivity index (χ4n) is 1.18. The van der Waals surface area contributed by atoms with Gasteiger partial charge < -0.3 is 4.74 Å². The molecule has 0 fully saturated rings. The minimum absolute atomic E-state index is 0.544. The van der Waals surface area contributed by atoms with Gasteiger partial charge in [0, 0.05) is 5.02 Å². The molecule has 0 unspecified atom stereocenters. The van der Waals surface area contributed by atoms with E-state index in [1.54, 1.807) is 18.3 Å². The van der Waals surface area contributed by atoms with Crippen LogP contribution >= 0.6 is 11.6 Å². The highest BCUT2D eigenvalue weighted by Crippen LogP contribution is 2.17. The SMILES string of the molecule is CCOc1cnc2cc(Cl)ccc2n1. The molecule has 0 aliphatic carbocycles. The number of ether oxygens (including phenoxy) is 1. The van der Waals surface area contributed by atoms with E-state index in [-0.39, 0.29) is 0 Å². The van der Waals surface area contributed by atoms with Crippen LogP contribution in [0.3, 0.4) is 0 Å². The Bertz CT molecular complexity index is 459. The third kappa shape index (κ3) is 1.77. The molecule has 14 heavy (non-hydrogen) atoms. The molecule has 2 rings (SSSR count). The predicted molar refractivity (Wildman–Crippen MR) is 55.7 cm³/mol. The second kappa shape index (κ2) is 3.80. The summed E-state index contributed by atoms with van der Waals surface area (Å²) in [6.45, 7) is 2.50. The molecule has 0 aliphatic rings. The Labute approximate surface area is 86.7 Å². The Balaban J connectivity index is 2.50. The Hall–Kier alpha value is -1.35. The highest BCUT2D eigenvalue weighted by molar-refractivity contribution is 6.31. The van der Waals surface area contributed by atoms with Crippen molar-refractivity contribution in [2.75, 3.05) is 6.61 Å². The number of fused-ring (bicyclic) bond motifs is 1. The normalized spacial score (nSPS) is 10.4. The van der Waals surface area contributed by atoms with Crippen molar-refractivity contribution < 1.29 is 4.74 Å². The summed E-state index contributed by atoms with van der Waals surface area (Å²) < 4.78 is 5.24. The van der Waals surface area contributed by atoms with Crippen molar-refractivity contribution in [2.24, 2.45) is 0 Å². The van der Waals surface area contributed by atoms with E-state index >= 15 is 0 Å². The van der Waals surface area contributed by atoms with Gasteiger partial charge in [0.15, 0.2) is 0 Å². The Morgan fingerprint density at radius 3 is 3.00 bits per heavy atom. The summed E-state index contributed by atoms with van der Waals surface area (Å²) in [6.07, 6.45) is 1.60. The zero-order valence-electron chi connectivity index (χ0n) is 7.70. The molecule has 0 radical (unpaired) electrons. The third-order valence-corrected chi connectivity index (χ3v) is 2.01. The molecule has 1 aromatic carbocycles. The van der Waals surface area contributed by atoms with Gasteiger partial charge in [0.2, 0.25) is 5.88 Å². The lowest BCUT2D eigenvalue weighted by molar-refractivity contribution is 0.327. The van der Waals surface area contributed by atoms with Crippen LogP contribution in [0.1, 0.15) is 6.92 Å². The molecule has 0 bridgehead atoms. The van der Waals surface area contributed by atoms with Crippen LogP contribution in [-0.4, -0.2) is 16.6 Å². The van der Waals surface area contributed by atoms with Gasteiger partial charge in [-0.1, -0.05) is 11.6 Å². The monoisotopic (exact) mass is 208 g/mol. The standard InChI is InChI=1S/C10H9ClN2O/c1-2-14-10-6-12-9-5-7(11)3-4-8(9)13-10/h3-6H,2H2,1H3. The second-order valence-corrected chi connectivity index (χ2v) is 3.21. The molecule has 0 saturated heterocycles. The average Bonchev–Trinajstić information content (AvgIpc) is 2.19. The van der Waals surface area contributed by atoms with Gasteiger partial charge in [-0.05, 0) is 25.1 Å². The number of nitrogens with zero attached hydrogens (tertiary/aromatic N) is 2. The lowest BCUT2D eigenvalue weighted by Gasteiger charge is -2.02. The van der Waals surface area contributed by atoms with Crippen LogP contribution in [0.25, 0.3) is 11.0 Å². The molecule has 4 heteroatoms. The summed E-state index contributed by atoms with van der Waals surface area (Å²) in [5.74, 6) is 0.544. The number of aromatic nitrogens is 2. The number of hydrogen-bond acceptors (Lipinski definition) is 3. The number of halogens is 1. The van der Waals surface area contributed by atoms with E-state index in [0.717, 1.165) is 11.0 Å². The summed E-state index contributed by atoms with van der Waals surface area (Å²) in [4.78, 5) is 8.45. The van der Waals surface area contributed by atoms with Crippen molar-refractivity contribution in [3.63, 3.8) is 0 Å². The van der Waals surface area contributed by atoms with E-state index in [9.17, 15) is 0 Å². The van der Waals surface area contributed by atoms with E-state index in [1.165, 1.54) is 0 Å². The molecule has 1 aromatic heterocycles. The molecule has 0 spiro atoms. The van der Waals surface area contributed by atoms with Crippen LogP contribution in [0.15, 0.2) is 24.4 Å². The molecular formula is C10H9ClN2O. The number of rotatable bonds is 2. The lowest BCUT2D eigenvalue weighted by Crippen LogP contribution is -1.95. The maximum Gasteiger partial charge on any atom is 0.232 e. The van der Waals surface area contributed by atoms with Gasteiger partial charge in [0.05, 0.1) is 23.8 Å². The first-order valence-electron chi connectivity index (χ1n) is 4.34. The van der Waals surface area contributed by atoms with Gasteiger partial charge in [0.25, 0.3) is 0 Å². The Kier molecular flexibility index (Phi) is 2.50. The maximum absolute atomic E-state index is 5.82. The first-order valence-corrected chi connectivity index (χ1v) is 4.72. The van der Waals surface area contributed by atoms with E-state index in [4.69, 9.17) is 16.3 Å². The summed E-state index contributed by atoms with van der Waals surface area (Å²) in [5.41, 5.74) is 1.57. The van der Waals surface area contributed by atoms with Crippen LogP contribution in [-0.2, 0) is 0 Å². The second-order valence-electron chi connectivity index (χ2n) is 2.77. The number of hydrogen-bond donors (Lipinski definition) is 0. The van der Waals surface area contributed by atoms with Crippen LogP contribution < -0.4 is 4.74 Å². The molecule has 0 aliphatic heterocycles. The molecular weight excluding hydrogens is 200 g/mol. The van der Waals surface area contributed by atoms with Crippen LogP contribution in [0.4, 0.5) is 0 Å². The summed E-state index contributed by atoms with van der Waals surface area (Å²) in [7, 11) is 0. The largest absolute Gasteiger partial charge is 0.477 e. The van der Waals surface area contributed by atoms with Gasteiger partial charge in [-0.3, -0.25) is 0 Å². The summed E-state index contributed by atoms with van der Waals surface area (Å²) >= 11 is 5.82. The van der Waals surface area contributed by atoms with Crippen LogP contribution in [0.2, 0.25) is 5.02 Å². The van der Waals surface area contributed by atoms with Crippen molar-refractivity contribution in [3.05, 3.63) is 29.4 Å². The quantitative estimate of drug-likeness (QED) is 0.761. The van der Waals surface area contributed by atoms with E-state index < -0.39 is 0 Å². The molecule has 0 saturated carbocycles. The van der Waals surface area contributed by atoms with Crippen LogP contribution in [0, 0.1) is 0 Å². The van der Waals surface area contributed by atoms with E-state index in [1.807, 2.05) is 13.0 Å². The summed E-state index contributed by atoms with van der Waals surface area (Å²) in [6, 6.07) is 5.39. The zero-order valence-corrected chi connectivity index (χ0v) is 8.45. The van der Waals surface area contributed by atoms with Gasteiger partial charge in [0.1, 0.15) is 0 Å². The lowest BCUT2D eigenvalue weighted by atomic mass is 10.3. The summed E-state index contributed by atoms with van der Waals surface area (Å²) in [5, 5.41) is 0.663. The molecule has 1 heterocycles. The van der Waals surface area contributed by atoms with Crippen molar-refractivity contribution in [1.29, 1.82) is 0 Å². The molecule has 0 amide bonds. The number of benzene rings is 1.